The van der Waals surface area contributed by atoms with Gasteiger partial charge in [-0.2, -0.15) is 0 Å². The fourth-order valence-corrected chi connectivity index (χ4v) is 3.19. The fraction of sp³-hybridized carbons (Fsp3) is 0.533. The van der Waals surface area contributed by atoms with Gasteiger partial charge >= 0.3 is 0 Å². The molecule has 1 saturated heterocycles. The van der Waals surface area contributed by atoms with Gasteiger partial charge in [0.1, 0.15) is 5.72 Å². The first-order chi connectivity index (χ1) is 8.74. The molecule has 104 valence electrons. The maximum absolute atomic E-state index is 10.7. The van der Waals surface area contributed by atoms with Gasteiger partial charge in [0.25, 0.3) is 0 Å². The van der Waals surface area contributed by atoms with Crippen LogP contribution in [0.5, 0.6) is 0 Å². The van der Waals surface area contributed by atoms with Gasteiger partial charge in [-0.05, 0) is 38.6 Å². The smallest absolute Gasteiger partial charge is 0.174 e. The van der Waals surface area contributed by atoms with Crippen molar-refractivity contribution in [3.63, 3.8) is 0 Å². The Morgan fingerprint density at radius 2 is 1.79 bits per heavy atom. The Balaban J connectivity index is 2.27. The molecule has 0 unspecified atom stereocenters. The lowest BCUT2D eigenvalue weighted by Crippen LogP contribution is -2.66. The summed E-state index contributed by atoms with van der Waals surface area (Å²) in [6, 6.07) is 10.1. The third-order valence-corrected chi connectivity index (χ3v) is 4.45. The van der Waals surface area contributed by atoms with E-state index in [9.17, 15) is 5.11 Å². The van der Waals surface area contributed by atoms with Crippen LogP contribution in [-0.2, 0) is 6.54 Å². The lowest BCUT2D eigenvalue weighted by molar-refractivity contribution is -0.114. The van der Waals surface area contributed by atoms with Crippen LogP contribution in [0.2, 0.25) is 0 Å². The number of nitrogens with zero attached hydrogens (tertiary/aromatic N) is 2. The first-order valence-electron chi connectivity index (χ1n) is 6.56. The van der Waals surface area contributed by atoms with Gasteiger partial charge in [-0.15, -0.1) is 0 Å². The Hall–Kier alpha value is -1.13. The van der Waals surface area contributed by atoms with Crippen molar-refractivity contribution in [2.45, 2.75) is 45.0 Å². The van der Waals surface area contributed by atoms with Crippen LogP contribution in [-0.4, -0.2) is 38.3 Å². The van der Waals surface area contributed by atoms with Crippen LogP contribution in [0.15, 0.2) is 30.3 Å². The fourth-order valence-electron chi connectivity index (χ4n) is 2.68. The minimum Gasteiger partial charge on any atom is -0.371 e. The summed E-state index contributed by atoms with van der Waals surface area (Å²) >= 11 is 5.54. The highest BCUT2D eigenvalue weighted by Crippen LogP contribution is 2.35. The van der Waals surface area contributed by atoms with Gasteiger partial charge in [-0.1, -0.05) is 30.3 Å². The maximum atomic E-state index is 10.7. The molecular formula is C15H22N2OS. The number of benzene rings is 1. The van der Waals surface area contributed by atoms with E-state index < -0.39 is 5.72 Å². The molecule has 1 aromatic rings. The van der Waals surface area contributed by atoms with Gasteiger partial charge in [-0.3, -0.25) is 0 Å². The topological polar surface area (TPSA) is 26.7 Å². The molecule has 1 N–H and O–H groups in total. The lowest BCUT2D eigenvalue weighted by atomic mass is 9.88. The van der Waals surface area contributed by atoms with Crippen LogP contribution in [0.3, 0.4) is 0 Å². The lowest BCUT2D eigenvalue weighted by Gasteiger charge is -2.54. The summed E-state index contributed by atoms with van der Waals surface area (Å²) in [4.78, 5) is 3.98. The molecule has 0 bridgehead atoms. The summed E-state index contributed by atoms with van der Waals surface area (Å²) in [7, 11) is 2.00. The number of aliphatic hydroxyl groups is 1. The summed E-state index contributed by atoms with van der Waals surface area (Å²) < 4.78 is 0. The molecule has 19 heavy (non-hydrogen) atoms. The molecule has 3 nitrogen and oxygen atoms in total. The molecule has 1 aliphatic heterocycles. The van der Waals surface area contributed by atoms with Crippen molar-refractivity contribution >= 4 is 17.3 Å². The molecule has 0 saturated carbocycles. The molecule has 1 atom stereocenters. The van der Waals surface area contributed by atoms with E-state index in [-0.39, 0.29) is 5.54 Å². The van der Waals surface area contributed by atoms with Gasteiger partial charge < -0.3 is 14.9 Å². The van der Waals surface area contributed by atoms with Crippen molar-refractivity contribution in [3.8, 4) is 0 Å². The summed E-state index contributed by atoms with van der Waals surface area (Å²) in [5.74, 6) is 0. The Morgan fingerprint density at radius 1 is 1.21 bits per heavy atom. The van der Waals surface area contributed by atoms with Gasteiger partial charge in [-0.25, -0.2) is 0 Å². The second kappa shape index (κ2) is 4.76. The molecule has 1 heterocycles. The van der Waals surface area contributed by atoms with E-state index in [0.29, 0.717) is 18.1 Å². The zero-order valence-electron chi connectivity index (χ0n) is 12.1. The van der Waals surface area contributed by atoms with Crippen molar-refractivity contribution in [1.82, 2.24) is 9.80 Å². The molecule has 0 aromatic heterocycles. The summed E-state index contributed by atoms with van der Waals surface area (Å²) in [6.45, 7) is 6.69. The summed E-state index contributed by atoms with van der Waals surface area (Å²) in [5, 5.41) is 11.4. The van der Waals surface area contributed by atoms with Crippen LogP contribution in [0.4, 0.5) is 0 Å². The van der Waals surface area contributed by atoms with E-state index in [1.165, 1.54) is 0 Å². The first-order valence-corrected chi connectivity index (χ1v) is 6.97. The van der Waals surface area contributed by atoms with E-state index >= 15 is 0 Å². The SMILES string of the molecule is CN1C(=S)N(Cc2ccccc2)[C@@](C)(O)CC1(C)C. The van der Waals surface area contributed by atoms with Crippen molar-refractivity contribution in [2.24, 2.45) is 0 Å². The van der Waals surface area contributed by atoms with Gasteiger partial charge in [0.15, 0.2) is 5.11 Å². The minimum atomic E-state index is -0.914. The second-order valence-electron chi connectivity index (χ2n) is 6.12. The van der Waals surface area contributed by atoms with Crippen LogP contribution >= 0.6 is 12.2 Å². The molecule has 0 aliphatic carbocycles. The van der Waals surface area contributed by atoms with Crippen LogP contribution < -0.4 is 0 Å². The molecular weight excluding hydrogens is 256 g/mol. The van der Waals surface area contributed by atoms with E-state index in [4.69, 9.17) is 12.2 Å². The van der Waals surface area contributed by atoms with Gasteiger partial charge in [0.05, 0.1) is 0 Å². The highest BCUT2D eigenvalue weighted by molar-refractivity contribution is 7.80. The second-order valence-corrected chi connectivity index (χ2v) is 6.48. The third kappa shape index (κ3) is 2.74. The zero-order valence-corrected chi connectivity index (χ0v) is 12.9. The van der Waals surface area contributed by atoms with Crippen molar-refractivity contribution in [3.05, 3.63) is 35.9 Å². The van der Waals surface area contributed by atoms with Crippen molar-refractivity contribution in [1.29, 1.82) is 0 Å². The summed E-state index contributed by atoms with van der Waals surface area (Å²) in [5.41, 5.74) is 0.106. The van der Waals surface area contributed by atoms with Gasteiger partial charge in [0.2, 0.25) is 0 Å². The Labute approximate surface area is 120 Å². The van der Waals surface area contributed by atoms with Crippen molar-refractivity contribution in [2.75, 3.05) is 7.05 Å². The molecule has 1 aliphatic rings. The number of hydrogen-bond donors (Lipinski definition) is 1. The predicted octanol–water partition coefficient (Wildman–Crippen LogP) is 2.60. The van der Waals surface area contributed by atoms with E-state index in [2.05, 4.69) is 30.9 Å². The molecule has 1 fully saturated rings. The minimum absolute atomic E-state index is 0.131. The number of thiocarbonyl (C=S) groups is 1. The van der Waals surface area contributed by atoms with E-state index in [0.717, 1.165) is 5.56 Å². The largest absolute Gasteiger partial charge is 0.371 e. The number of rotatable bonds is 2. The van der Waals surface area contributed by atoms with Crippen molar-refractivity contribution < 1.29 is 5.11 Å². The molecule has 0 spiro atoms. The van der Waals surface area contributed by atoms with Crippen LogP contribution in [0.1, 0.15) is 32.8 Å². The monoisotopic (exact) mass is 278 g/mol. The average Bonchev–Trinajstić information content (AvgIpc) is 2.32. The third-order valence-electron chi connectivity index (χ3n) is 3.96. The Bertz CT molecular complexity index is 470. The molecule has 2 rings (SSSR count). The number of hydrogen-bond acceptors (Lipinski definition) is 2. The van der Waals surface area contributed by atoms with E-state index in [1.54, 1.807) is 0 Å². The quantitative estimate of drug-likeness (QED) is 0.841. The van der Waals surface area contributed by atoms with Gasteiger partial charge in [0, 0.05) is 25.6 Å². The summed E-state index contributed by atoms with van der Waals surface area (Å²) in [6.07, 6.45) is 0.656. The molecule has 0 radical (unpaired) electrons. The Morgan fingerprint density at radius 3 is 2.37 bits per heavy atom. The molecule has 4 heteroatoms. The average molecular weight is 278 g/mol. The molecule has 1 aromatic carbocycles. The Kier molecular flexibility index (Phi) is 3.58. The van der Waals surface area contributed by atoms with Crippen LogP contribution in [0, 0.1) is 0 Å². The standard InChI is InChI=1S/C15H22N2OS/c1-14(2)11-15(3,18)17(13(19)16(14)4)10-12-8-6-5-7-9-12/h5-9,18H,10-11H2,1-4H3/t15-/m0/s1. The zero-order chi connectivity index (χ0) is 14.3. The van der Waals surface area contributed by atoms with E-state index in [1.807, 2.05) is 37.1 Å². The predicted molar refractivity (Wildman–Crippen MR) is 81.7 cm³/mol. The molecule has 0 amide bonds. The highest BCUT2D eigenvalue weighted by atomic mass is 32.1. The normalized spacial score (nSPS) is 26.7. The first kappa shape index (κ1) is 14.3. The highest BCUT2D eigenvalue weighted by Gasteiger charge is 2.46. The maximum Gasteiger partial charge on any atom is 0.174 e. The van der Waals surface area contributed by atoms with Crippen LogP contribution in [0.25, 0.3) is 0 Å².